The lowest BCUT2D eigenvalue weighted by molar-refractivity contribution is 0.0954. The molecule has 0 atom stereocenters. The highest BCUT2D eigenvalue weighted by molar-refractivity contribution is 7.15. The molecule has 2 heterocycles. The normalized spacial score (nSPS) is 11.1. The zero-order valence-electron chi connectivity index (χ0n) is 17.4. The van der Waals surface area contributed by atoms with Crippen molar-refractivity contribution in [1.82, 2.24) is 19.9 Å². The third-order valence-corrected chi connectivity index (χ3v) is 5.99. The molecule has 2 aromatic carbocycles. The topological polar surface area (TPSA) is 59.3 Å². The summed E-state index contributed by atoms with van der Waals surface area (Å²) in [5, 5.41) is 9.75. The minimum absolute atomic E-state index is 0.0393. The Morgan fingerprint density at radius 2 is 1.97 bits per heavy atom. The zero-order chi connectivity index (χ0) is 20.9. The van der Waals surface area contributed by atoms with Gasteiger partial charge in [0.2, 0.25) is 4.96 Å². The standard InChI is InChI=1S/C24H26N4OS/c1-3-4-7-18-9-11-19(12-10-18)23(29)25-14-13-21-16-30-24-26-22(27-28(21)24)20-8-5-6-17(2)15-20/h5-6,8-12,15-16H,3-4,7,13-14H2,1-2H3,(H,25,29). The highest BCUT2D eigenvalue weighted by Crippen LogP contribution is 2.21. The quantitative estimate of drug-likeness (QED) is 0.434. The maximum Gasteiger partial charge on any atom is 0.251 e. The molecule has 0 aliphatic carbocycles. The second kappa shape index (κ2) is 9.22. The van der Waals surface area contributed by atoms with Crippen molar-refractivity contribution >= 4 is 22.2 Å². The predicted molar refractivity (Wildman–Crippen MR) is 122 cm³/mol. The van der Waals surface area contributed by atoms with Gasteiger partial charge in [0.25, 0.3) is 5.91 Å². The molecule has 5 nitrogen and oxygen atoms in total. The fraction of sp³-hybridized carbons (Fsp3) is 0.292. The van der Waals surface area contributed by atoms with Crippen molar-refractivity contribution < 1.29 is 4.79 Å². The maximum absolute atomic E-state index is 12.4. The first-order valence-corrected chi connectivity index (χ1v) is 11.3. The molecule has 0 aliphatic rings. The molecule has 154 valence electrons. The molecule has 0 aliphatic heterocycles. The second-order valence-electron chi connectivity index (χ2n) is 7.53. The summed E-state index contributed by atoms with van der Waals surface area (Å²) in [4.78, 5) is 18.0. The van der Waals surface area contributed by atoms with Gasteiger partial charge in [-0.05, 0) is 43.5 Å². The third-order valence-electron chi connectivity index (χ3n) is 5.13. The van der Waals surface area contributed by atoms with Crippen molar-refractivity contribution in [2.45, 2.75) is 39.5 Å². The van der Waals surface area contributed by atoms with Gasteiger partial charge in [0.15, 0.2) is 5.82 Å². The number of amides is 1. The Bertz CT molecular complexity index is 1140. The van der Waals surface area contributed by atoms with Crippen molar-refractivity contribution in [2.75, 3.05) is 6.54 Å². The summed E-state index contributed by atoms with van der Waals surface area (Å²) in [5.41, 5.74) is 5.24. The fourth-order valence-corrected chi connectivity index (χ4v) is 4.27. The van der Waals surface area contributed by atoms with Crippen molar-refractivity contribution in [2.24, 2.45) is 0 Å². The van der Waals surface area contributed by atoms with E-state index >= 15 is 0 Å². The summed E-state index contributed by atoms with van der Waals surface area (Å²) >= 11 is 1.57. The van der Waals surface area contributed by atoms with E-state index in [-0.39, 0.29) is 5.91 Å². The molecule has 0 unspecified atom stereocenters. The summed E-state index contributed by atoms with van der Waals surface area (Å²) in [6.45, 7) is 4.81. The molecule has 30 heavy (non-hydrogen) atoms. The number of aromatic nitrogens is 3. The van der Waals surface area contributed by atoms with Crippen LogP contribution in [-0.2, 0) is 12.8 Å². The van der Waals surface area contributed by atoms with Crippen LogP contribution in [0.4, 0.5) is 0 Å². The Balaban J connectivity index is 1.37. The number of nitrogens with one attached hydrogen (secondary N) is 1. The van der Waals surface area contributed by atoms with Gasteiger partial charge in [0.05, 0.1) is 5.69 Å². The molecule has 4 rings (SSSR count). The number of carbonyl (C=O) groups excluding carboxylic acids is 1. The van der Waals surface area contributed by atoms with E-state index < -0.39 is 0 Å². The van der Waals surface area contributed by atoms with Gasteiger partial charge in [0, 0.05) is 29.5 Å². The Morgan fingerprint density at radius 1 is 1.13 bits per heavy atom. The number of carbonyl (C=O) groups is 1. The van der Waals surface area contributed by atoms with Gasteiger partial charge in [-0.1, -0.05) is 49.2 Å². The van der Waals surface area contributed by atoms with Crippen molar-refractivity contribution in [3.05, 3.63) is 76.3 Å². The number of unbranched alkanes of at least 4 members (excludes halogenated alkanes) is 1. The molecule has 2 aromatic heterocycles. The van der Waals surface area contributed by atoms with Crippen LogP contribution in [0.15, 0.2) is 53.9 Å². The van der Waals surface area contributed by atoms with Crippen LogP contribution >= 0.6 is 11.3 Å². The van der Waals surface area contributed by atoms with E-state index in [1.807, 2.05) is 28.8 Å². The van der Waals surface area contributed by atoms with Gasteiger partial charge in [-0.2, -0.15) is 4.98 Å². The number of benzene rings is 2. The molecule has 0 saturated carbocycles. The van der Waals surface area contributed by atoms with Gasteiger partial charge >= 0.3 is 0 Å². The van der Waals surface area contributed by atoms with Crippen LogP contribution in [0, 0.1) is 6.92 Å². The van der Waals surface area contributed by atoms with E-state index in [1.165, 1.54) is 24.0 Å². The van der Waals surface area contributed by atoms with Gasteiger partial charge < -0.3 is 5.32 Å². The molecule has 6 heteroatoms. The Labute approximate surface area is 180 Å². The molecule has 0 fully saturated rings. The van der Waals surface area contributed by atoms with Crippen LogP contribution in [0.3, 0.4) is 0 Å². The molecule has 4 aromatic rings. The van der Waals surface area contributed by atoms with Gasteiger partial charge in [-0.15, -0.1) is 16.4 Å². The lowest BCUT2D eigenvalue weighted by atomic mass is 10.1. The van der Waals surface area contributed by atoms with E-state index in [1.54, 1.807) is 11.3 Å². The molecule has 0 bridgehead atoms. The van der Waals surface area contributed by atoms with Crippen molar-refractivity contribution in [1.29, 1.82) is 0 Å². The number of thiazole rings is 1. The highest BCUT2D eigenvalue weighted by Gasteiger charge is 2.12. The number of aryl methyl sites for hydroxylation is 2. The first kappa shape index (κ1) is 20.3. The summed E-state index contributed by atoms with van der Waals surface area (Å²) < 4.78 is 1.89. The number of hydrogen-bond donors (Lipinski definition) is 1. The maximum atomic E-state index is 12.4. The monoisotopic (exact) mass is 418 g/mol. The highest BCUT2D eigenvalue weighted by atomic mass is 32.1. The van der Waals surface area contributed by atoms with Crippen molar-refractivity contribution in [3.63, 3.8) is 0 Å². The summed E-state index contributed by atoms with van der Waals surface area (Å²) in [6.07, 6.45) is 4.12. The lowest BCUT2D eigenvalue weighted by Gasteiger charge is -2.06. The Kier molecular flexibility index (Phi) is 6.23. The van der Waals surface area contributed by atoms with E-state index in [0.717, 1.165) is 28.5 Å². The van der Waals surface area contributed by atoms with Crippen LogP contribution < -0.4 is 5.32 Å². The average molecular weight is 419 g/mol. The minimum atomic E-state index is -0.0393. The lowest BCUT2D eigenvalue weighted by Crippen LogP contribution is -2.26. The van der Waals surface area contributed by atoms with Crippen LogP contribution in [0.1, 0.15) is 46.9 Å². The molecule has 1 N–H and O–H groups in total. The molecule has 0 saturated heterocycles. The van der Waals surface area contributed by atoms with E-state index in [4.69, 9.17) is 0 Å². The largest absolute Gasteiger partial charge is 0.352 e. The summed E-state index contributed by atoms with van der Waals surface area (Å²) in [5.74, 6) is 0.696. The summed E-state index contributed by atoms with van der Waals surface area (Å²) in [7, 11) is 0. The van der Waals surface area contributed by atoms with Crippen LogP contribution in [0.2, 0.25) is 0 Å². The third kappa shape index (κ3) is 4.60. The predicted octanol–water partition coefficient (Wildman–Crippen LogP) is 5.08. The number of nitrogens with zero attached hydrogens (tertiary/aromatic N) is 3. The van der Waals surface area contributed by atoms with Crippen LogP contribution in [0.25, 0.3) is 16.3 Å². The number of rotatable bonds is 8. The fourth-order valence-electron chi connectivity index (χ4n) is 3.41. The first-order valence-electron chi connectivity index (χ1n) is 10.4. The Morgan fingerprint density at radius 3 is 2.73 bits per heavy atom. The van der Waals surface area contributed by atoms with Gasteiger partial charge in [0.1, 0.15) is 0 Å². The molecule has 1 amide bonds. The summed E-state index contributed by atoms with van der Waals surface area (Å²) in [6, 6.07) is 16.1. The molecular formula is C24H26N4OS. The smallest absolute Gasteiger partial charge is 0.251 e. The van der Waals surface area contributed by atoms with E-state index in [0.29, 0.717) is 18.5 Å². The first-order chi connectivity index (χ1) is 14.6. The van der Waals surface area contributed by atoms with Crippen molar-refractivity contribution in [3.8, 4) is 11.4 Å². The van der Waals surface area contributed by atoms with Crippen LogP contribution in [0.5, 0.6) is 0 Å². The van der Waals surface area contributed by atoms with E-state index in [2.05, 4.69) is 58.9 Å². The average Bonchev–Trinajstić information content (AvgIpc) is 3.34. The SMILES string of the molecule is CCCCc1ccc(C(=O)NCCc2csc3nc(-c4cccc(C)c4)nn23)cc1. The number of fused-ring (bicyclic) bond motifs is 1. The van der Waals surface area contributed by atoms with Crippen LogP contribution in [-0.4, -0.2) is 27.0 Å². The molecule has 0 radical (unpaired) electrons. The zero-order valence-corrected chi connectivity index (χ0v) is 18.2. The van der Waals surface area contributed by atoms with E-state index in [9.17, 15) is 4.79 Å². The van der Waals surface area contributed by atoms with Gasteiger partial charge in [-0.3, -0.25) is 4.79 Å². The molecule has 0 spiro atoms. The van der Waals surface area contributed by atoms with Gasteiger partial charge in [-0.25, -0.2) is 4.52 Å². The Hall–Kier alpha value is -2.99. The second-order valence-corrected chi connectivity index (χ2v) is 8.37. The number of hydrogen-bond acceptors (Lipinski definition) is 4. The molecular weight excluding hydrogens is 392 g/mol. The minimum Gasteiger partial charge on any atom is -0.352 e.